The number of hydrazine groups is 1. The molecular weight excluding hydrogens is 446 g/mol. The van der Waals surface area contributed by atoms with Crippen LogP contribution >= 0.6 is 0 Å². The van der Waals surface area contributed by atoms with E-state index in [0.29, 0.717) is 23.8 Å². The predicted molar refractivity (Wildman–Crippen MR) is 123 cm³/mol. The Balaban J connectivity index is 1.60. The molecule has 0 atom stereocenters. The second kappa shape index (κ2) is 10.5. The van der Waals surface area contributed by atoms with Crippen molar-refractivity contribution < 1.29 is 27.5 Å². The average molecular weight is 470 g/mol. The van der Waals surface area contributed by atoms with Gasteiger partial charge in [-0.15, -0.1) is 0 Å². The van der Waals surface area contributed by atoms with E-state index in [9.17, 15) is 18.0 Å². The van der Waals surface area contributed by atoms with Crippen molar-refractivity contribution in [2.75, 3.05) is 18.4 Å². The van der Waals surface area contributed by atoms with Crippen LogP contribution in [0.1, 0.15) is 27.6 Å². The Morgan fingerprint density at radius 1 is 0.818 bits per heavy atom. The third kappa shape index (κ3) is 6.01. The van der Waals surface area contributed by atoms with Crippen LogP contribution in [0.4, 0.5) is 5.69 Å². The number of hydrogen-bond acceptors (Lipinski definition) is 6. The summed E-state index contributed by atoms with van der Waals surface area (Å²) in [5.74, 6) is -0.219. The van der Waals surface area contributed by atoms with Gasteiger partial charge in [-0.3, -0.25) is 25.2 Å². The minimum absolute atomic E-state index is 0.125. The van der Waals surface area contributed by atoms with Gasteiger partial charge in [-0.05, 0) is 61.5 Å². The van der Waals surface area contributed by atoms with Crippen molar-refractivity contribution in [2.45, 2.75) is 11.8 Å². The highest BCUT2D eigenvalue weighted by Crippen LogP contribution is 2.28. The van der Waals surface area contributed by atoms with Gasteiger partial charge in [0.25, 0.3) is 21.8 Å². The minimum atomic E-state index is -3.74. The fourth-order valence-electron chi connectivity index (χ4n) is 2.84. The summed E-state index contributed by atoms with van der Waals surface area (Å²) >= 11 is 0. The Morgan fingerprint density at radius 3 is 2.03 bits per heavy atom. The SMILES string of the molecule is CCOc1ccc(C(=O)NNC(=O)c2ccc(NS(=O)(=O)c3ccccc3)cc2)cc1OC. The normalized spacial score (nSPS) is 10.7. The van der Waals surface area contributed by atoms with Crippen molar-refractivity contribution in [3.63, 3.8) is 0 Å². The number of benzene rings is 3. The highest BCUT2D eigenvalue weighted by Gasteiger charge is 2.15. The molecule has 2 amide bonds. The van der Waals surface area contributed by atoms with E-state index in [1.54, 1.807) is 30.3 Å². The lowest BCUT2D eigenvalue weighted by Crippen LogP contribution is -2.41. The van der Waals surface area contributed by atoms with Crippen molar-refractivity contribution in [3.05, 3.63) is 83.9 Å². The quantitative estimate of drug-likeness (QED) is 0.436. The number of carbonyl (C=O) groups is 2. The molecule has 0 fully saturated rings. The summed E-state index contributed by atoms with van der Waals surface area (Å²) in [5.41, 5.74) is 5.43. The number of amides is 2. The van der Waals surface area contributed by atoms with E-state index >= 15 is 0 Å². The summed E-state index contributed by atoms with van der Waals surface area (Å²) in [7, 11) is -2.27. The maximum absolute atomic E-state index is 12.4. The molecule has 0 aliphatic carbocycles. The molecule has 3 rings (SSSR count). The van der Waals surface area contributed by atoms with Crippen LogP contribution in [0.25, 0.3) is 0 Å². The molecule has 0 saturated carbocycles. The molecule has 9 nitrogen and oxygen atoms in total. The molecule has 3 N–H and O–H groups in total. The van der Waals surface area contributed by atoms with E-state index in [-0.39, 0.29) is 16.0 Å². The smallest absolute Gasteiger partial charge is 0.269 e. The number of ether oxygens (including phenoxy) is 2. The van der Waals surface area contributed by atoms with Gasteiger partial charge in [0.05, 0.1) is 18.6 Å². The minimum Gasteiger partial charge on any atom is -0.493 e. The second-order valence-corrected chi connectivity index (χ2v) is 8.39. The summed E-state index contributed by atoms with van der Waals surface area (Å²) in [4.78, 5) is 24.8. The van der Waals surface area contributed by atoms with Gasteiger partial charge >= 0.3 is 0 Å². The van der Waals surface area contributed by atoms with E-state index in [0.717, 1.165) is 0 Å². The summed E-state index contributed by atoms with van der Waals surface area (Å²) in [6, 6.07) is 18.4. The fourth-order valence-corrected chi connectivity index (χ4v) is 3.92. The Hall–Kier alpha value is -4.05. The van der Waals surface area contributed by atoms with Gasteiger partial charge in [-0.25, -0.2) is 8.42 Å². The second-order valence-electron chi connectivity index (χ2n) is 6.70. The number of rotatable bonds is 8. The van der Waals surface area contributed by atoms with E-state index in [1.165, 1.54) is 49.6 Å². The molecule has 0 aromatic heterocycles. The molecule has 3 aromatic carbocycles. The van der Waals surface area contributed by atoms with E-state index in [2.05, 4.69) is 15.6 Å². The lowest BCUT2D eigenvalue weighted by atomic mass is 10.2. The molecule has 0 bridgehead atoms. The maximum atomic E-state index is 12.4. The van der Waals surface area contributed by atoms with Crippen LogP contribution in [0.15, 0.2) is 77.7 Å². The van der Waals surface area contributed by atoms with E-state index < -0.39 is 21.8 Å². The van der Waals surface area contributed by atoms with Gasteiger partial charge in [0.15, 0.2) is 11.5 Å². The summed E-state index contributed by atoms with van der Waals surface area (Å²) in [6.07, 6.45) is 0. The molecule has 0 radical (unpaired) electrons. The average Bonchev–Trinajstić information content (AvgIpc) is 2.83. The zero-order valence-corrected chi connectivity index (χ0v) is 18.8. The molecule has 172 valence electrons. The summed E-state index contributed by atoms with van der Waals surface area (Å²) in [5, 5.41) is 0. The third-order valence-corrected chi connectivity index (χ3v) is 5.87. The number of nitrogens with one attached hydrogen (secondary N) is 3. The van der Waals surface area contributed by atoms with Crippen LogP contribution in [0.3, 0.4) is 0 Å². The monoisotopic (exact) mass is 469 g/mol. The zero-order chi connectivity index (χ0) is 23.8. The molecule has 33 heavy (non-hydrogen) atoms. The van der Waals surface area contributed by atoms with Crippen molar-refractivity contribution in [1.29, 1.82) is 0 Å². The number of carbonyl (C=O) groups excluding carboxylic acids is 2. The zero-order valence-electron chi connectivity index (χ0n) is 18.0. The van der Waals surface area contributed by atoms with Crippen molar-refractivity contribution in [3.8, 4) is 11.5 Å². The van der Waals surface area contributed by atoms with Gasteiger partial charge in [0.1, 0.15) is 0 Å². The first kappa shape index (κ1) is 23.6. The van der Waals surface area contributed by atoms with Gasteiger partial charge < -0.3 is 9.47 Å². The molecule has 0 unspecified atom stereocenters. The van der Waals surface area contributed by atoms with E-state index in [4.69, 9.17) is 9.47 Å². The number of hydrogen-bond donors (Lipinski definition) is 3. The summed E-state index contributed by atoms with van der Waals surface area (Å²) < 4.78 is 37.8. The lowest BCUT2D eigenvalue weighted by Gasteiger charge is -2.12. The Morgan fingerprint density at radius 2 is 1.42 bits per heavy atom. The highest BCUT2D eigenvalue weighted by atomic mass is 32.2. The van der Waals surface area contributed by atoms with Crippen LogP contribution < -0.4 is 25.0 Å². The first-order chi connectivity index (χ1) is 15.8. The van der Waals surface area contributed by atoms with Gasteiger partial charge in [-0.2, -0.15) is 0 Å². The molecule has 0 aliphatic rings. The molecule has 10 heteroatoms. The van der Waals surface area contributed by atoms with Gasteiger partial charge in [0.2, 0.25) is 0 Å². The Bertz CT molecular complexity index is 1230. The van der Waals surface area contributed by atoms with Crippen LogP contribution in [-0.2, 0) is 10.0 Å². The Kier molecular flexibility index (Phi) is 7.52. The van der Waals surface area contributed by atoms with Crippen LogP contribution in [0.5, 0.6) is 11.5 Å². The number of methoxy groups -OCH3 is 1. The first-order valence-corrected chi connectivity index (χ1v) is 11.4. The van der Waals surface area contributed by atoms with Crippen LogP contribution in [0, 0.1) is 0 Å². The summed E-state index contributed by atoms with van der Waals surface area (Å²) in [6.45, 7) is 2.28. The third-order valence-electron chi connectivity index (χ3n) is 4.47. The van der Waals surface area contributed by atoms with Crippen molar-refractivity contribution in [2.24, 2.45) is 0 Å². The van der Waals surface area contributed by atoms with E-state index in [1.807, 2.05) is 6.92 Å². The fraction of sp³-hybridized carbons (Fsp3) is 0.130. The molecule has 0 aliphatic heterocycles. The number of anilines is 1. The molecule has 0 spiro atoms. The topological polar surface area (TPSA) is 123 Å². The largest absolute Gasteiger partial charge is 0.493 e. The Labute approximate surface area is 191 Å². The standard InChI is InChI=1S/C23H23N3O6S/c1-3-32-20-14-11-17(15-21(20)31-2)23(28)25-24-22(27)16-9-12-18(13-10-16)26-33(29,30)19-7-5-4-6-8-19/h4-15,26H,3H2,1-2H3,(H,24,27)(H,25,28). The van der Waals surface area contributed by atoms with Gasteiger partial charge in [0, 0.05) is 16.8 Å². The molecule has 0 heterocycles. The highest BCUT2D eigenvalue weighted by molar-refractivity contribution is 7.92. The van der Waals surface area contributed by atoms with Crippen LogP contribution in [-0.4, -0.2) is 33.9 Å². The molecular formula is C23H23N3O6S. The van der Waals surface area contributed by atoms with Crippen molar-refractivity contribution in [1.82, 2.24) is 10.9 Å². The predicted octanol–water partition coefficient (Wildman–Crippen LogP) is 2.97. The lowest BCUT2D eigenvalue weighted by molar-refractivity contribution is 0.0846. The van der Waals surface area contributed by atoms with Gasteiger partial charge in [-0.1, -0.05) is 18.2 Å². The maximum Gasteiger partial charge on any atom is 0.269 e. The molecule has 0 saturated heterocycles. The van der Waals surface area contributed by atoms with Crippen LogP contribution in [0.2, 0.25) is 0 Å². The number of sulfonamides is 1. The van der Waals surface area contributed by atoms with Crippen molar-refractivity contribution >= 4 is 27.5 Å². The molecule has 3 aromatic rings. The first-order valence-electron chi connectivity index (χ1n) is 9.93.